The number of nitrogens with zero attached hydrogens (tertiary/aromatic N) is 3. The van der Waals surface area contributed by atoms with Gasteiger partial charge < -0.3 is 14.4 Å². The molecule has 1 atom stereocenters. The molecule has 3 aromatic rings. The van der Waals surface area contributed by atoms with Gasteiger partial charge in [0.25, 0.3) is 5.91 Å². The molecule has 1 N–H and O–H groups in total. The maximum atomic E-state index is 15.0. The summed E-state index contributed by atoms with van der Waals surface area (Å²) < 4.78 is 20.5. The van der Waals surface area contributed by atoms with E-state index in [1.54, 1.807) is 56.0 Å². The Balaban J connectivity index is 1.53. The first-order chi connectivity index (χ1) is 14.7. The van der Waals surface area contributed by atoms with E-state index in [4.69, 9.17) is 4.42 Å². The fraction of sp³-hybridized carbons (Fsp3) is 0.375. The summed E-state index contributed by atoms with van der Waals surface area (Å²) >= 11 is 0. The van der Waals surface area contributed by atoms with Crippen LogP contribution in [-0.4, -0.2) is 37.8 Å². The average Bonchev–Trinajstić information content (AvgIpc) is 3.36. The molecule has 0 bridgehead atoms. The van der Waals surface area contributed by atoms with Gasteiger partial charge in [0.1, 0.15) is 5.82 Å². The van der Waals surface area contributed by atoms with E-state index in [9.17, 15) is 9.90 Å². The molecule has 0 radical (unpaired) electrons. The molecule has 2 aliphatic rings. The number of aryl methyl sites for hydroxylation is 1. The number of carbonyl (C=O) groups is 1. The molecule has 1 aliphatic carbocycles. The number of rotatable bonds is 5. The van der Waals surface area contributed by atoms with Gasteiger partial charge in [0.2, 0.25) is 11.8 Å². The molecule has 7 heteroatoms. The zero-order chi connectivity index (χ0) is 21.9. The van der Waals surface area contributed by atoms with Crippen molar-refractivity contribution in [2.75, 3.05) is 0 Å². The number of hydrogen-bond donors (Lipinski definition) is 1. The van der Waals surface area contributed by atoms with Crippen molar-refractivity contribution in [3.63, 3.8) is 0 Å². The zero-order valence-electron chi connectivity index (χ0n) is 17.7. The van der Waals surface area contributed by atoms with Crippen LogP contribution in [0.3, 0.4) is 0 Å². The largest absolute Gasteiger partial charge is 0.421 e. The van der Waals surface area contributed by atoms with Crippen LogP contribution in [0.1, 0.15) is 48.5 Å². The van der Waals surface area contributed by atoms with Gasteiger partial charge in [-0.25, -0.2) is 4.39 Å². The summed E-state index contributed by atoms with van der Waals surface area (Å²) in [6, 6.07) is 9.89. The number of hydrogen-bond acceptors (Lipinski definition) is 5. The summed E-state index contributed by atoms with van der Waals surface area (Å²) in [5.41, 5.74) is 1.77. The van der Waals surface area contributed by atoms with Crippen LogP contribution >= 0.6 is 0 Å². The first-order valence-electron chi connectivity index (χ1n) is 10.5. The zero-order valence-corrected chi connectivity index (χ0v) is 17.7. The lowest BCUT2D eigenvalue weighted by atomic mass is 9.92. The molecule has 0 saturated heterocycles. The van der Waals surface area contributed by atoms with Crippen molar-refractivity contribution in [3.8, 4) is 22.6 Å². The van der Waals surface area contributed by atoms with Crippen LogP contribution in [0.25, 0.3) is 22.6 Å². The first-order valence-corrected chi connectivity index (χ1v) is 10.5. The van der Waals surface area contributed by atoms with Crippen LogP contribution < -0.4 is 0 Å². The summed E-state index contributed by atoms with van der Waals surface area (Å²) in [7, 11) is 0. The summed E-state index contributed by atoms with van der Waals surface area (Å²) in [6.07, 6.45) is 1.99. The average molecular weight is 421 g/mol. The van der Waals surface area contributed by atoms with Crippen LogP contribution in [0.5, 0.6) is 0 Å². The van der Waals surface area contributed by atoms with E-state index >= 15 is 4.39 Å². The van der Waals surface area contributed by atoms with Crippen LogP contribution in [0.15, 0.2) is 40.8 Å². The number of aromatic nitrogens is 2. The topological polar surface area (TPSA) is 79.5 Å². The number of fused-ring (bicyclic) bond motifs is 1. The molecule has 5 rings (SSSR count). The van der Waals surface area contributed by atoms with Gasteiger partial charge in [-0.1, -0.05) is 18.2 Å². The molecule has 2 aromatic carbocycles. The van der Waals surface area contributed by atoms with Gasteiger partial charge in [0.05, 0.1) is 17.2 Å². The number of carbonyl (C=O) groups excluding carboxylic acids is 1. The van der Waals surface area contributed by atoms with Gasteiger partial charge >= 0.3 is 0 Å². The Bertz CT molecular complexity index is 1160. The van der Waals surface area contributed by atoms with E-state index in [0.29, 0.717) is 35.0 Å². The fourth-order valence-electron chi connectivity index (χ4n) is 4.72. The highest BCUT2D eigenvalue weighted by atomic mass is 19.1. The van der Waals surface area contributed by atoms with Crippen molar-refractivity contribution in [1.29, 1.82) is 0 Å². The van der Waals surface area contributed by atoms with Gasteiger partial charge in [-0.3, -0.25) is 4.79 Å². The van der Waals surface area contributed by atoms with Crippen molar-refractivity contribution >= 4 is 5.91 Å². The Kier molecular flexibility index (Phi) is 4.48. The molecule has 1 aromatic heterocycles. The molecule has 6 nitrogen and oxygen atoms in total. The molecule has 1 amide bonds. The van der Waals surface area contributed by atoms with Crippen LogP contribution in [-0.2, 0) is 6.54 Å². The third kappa shape index (κ3) is 3.43. The Morgan fingerprint density at radius 2 is 1.77 bits per heavy atom. The molecule has 1 saturated carbocycles. The molecular weight excluding hydrogens is 397 g/mol. The number of benzene rings is 2. The summed E-state index contributed by atoms with van der Waals surface area (Å²) in [6.45, 7) is 5.58. The van der Waals surface area contributed by atoms with Crippen molar-refractivity contribution in [2.24, 2.45) is 5.92 Å². The second kappa shape index (κ2) is 6.99. The Hall–Kier alpha value is -3.06. The van der Waals surface area contributed by atoms with E-state index in [0.717, 1.165) is 24.0 Å². The monoisotopic (exact) mass is 421 g/mol. The Morgan fingerprint density at radius 1 is 1.10 bits per heavy atom. The second-order valence-electron chi connectivity index (χ2n) is 9.03. The van der Waals surface area contributed by atoms with Gasteiger partial charge in [0.15, 0.2) is 0 Å². The minimum atomic E-state index is -1.03. The van der Waals surface area contributed by atoms with Gasteiger partial charge in [-0.2, -0.15) is 0 Å². The third-order valence-corrected chi connectivity index (χ3v) is 6.13. The van der Waals surface area contributed by atoms with Crippen molar-refractivity contribution in [2.45, 2.75) is 51.8 Å². The van der Waals surface area contributed by atoms with Crippen LogP contribution in [0, 0.1) is 18.7 Å². The van der Waals surface area contributed by atoms with Crippen molar-refractivity contribution in [1.82, 2.24) is 15.1 Å². The minimum absolute atomic E-state index is 0.222. The molecule has 1 unspecified atom stereocenters. The highest BCUT2D eigenvalue weighted by Gasteiger charge is 2.48. The van der Waals surface area contributed by atoms with E-state index in [1.807, 2.05) is 0 Å². The summed E-state index contributed by atoms with van der Waals surface area (Å²) in [4.78, 5) is 15.2. The molecule has 1 fully saturated rings. The first kappa shape index (κ1) is 19.9. The molecule has 2 heterocycles. The van der Waals surface area contributed by atoms with Crippen molar-refractivity contribution < 1.29 is 18.7 Å². The Morgan fingerprint density at radius 3 is 2.35 bits per heavy atom. The van der Waals surface area contributed by atoms with Crippen LogP contribution in [0.2, 0.25) is 0 Å². The highest BCUT2D eigenvalue weighted by molar-refractivity contribution is 6.05. The summed E-state index contributed by atoms with van der Waals surface area (Å²) in [5, 5.41) is 18.6. The normalized spacial score (nSPS) is 17.2. The quantitative estimate of drug-likeness (QED) is 0.662. The van der Waals surface area contributed by atoms with E-state index in [-0.39, 0.29) is 17.9 Å². The maximum Gasteiger partial charge on any atom is 0.255 e. The van der Waals surface area contributed by atoms with Gasteiger partial charge in [0, 0.05) is 24.6 Å². The lowest BCUT2D eigenvalue weighted by Crippen LogP contribution is -2.51. The minimum Gasteiger partial charge on any atom is -0.421 e. The smallest absolute Gasteiger partial charge is 0.255 e. The van der Waals surface area contributed by atoms with E-state index in [1.165, 1.54) is 6.07 Å². The van der Waals surface area contributed by atoms with E-state index < -0.39 is 11.4 Å². The third-order valence-electron chi connectivity index (χ3n) is 6.13. The molecule has 0 spiro atoms. The molecular formula is C24H24FN3O3. The predicted molar refractivity (Wildman–Crippen MR) is 113 cm³/mol. The SMILES string of the molecule is Cc1nnc(-c2ccc(-c3c(F)ccc4c3C(=O)N(C(C3CC3)C(C)(C)O)C4)cc2)o1. The standard InChI is InChI=1S/C24H24FN3O3/c1-13-26-27-22(31-13)16-8-4-14(5-9-16)19-18(25)11-10-17-12-28(23(29)20(17)19)21(15-6-7-15)24(2,3)30/h4-5,8-11,15,21,30H,6-7,12H2,1-3H3. The van der Waals surface area contributed by atoms with Gasteiger partial charge in [-0.15, -0.1) is 10.2 Å². The van der Waals surface area contributed by atoms with Crippen molar-refractivity contribution in [3.05, 3.63) is 59.2 Å². The lowest BCUT2D eigenvalue weighted by Gasteiger charge is -2.37. The predicted octanol–water partition coefficient (Wildman–Crippen LogP) is 4.36. The second-order valence-corrected chi connectivity index (χ2v) is 9.03. The lowest BCUT2D eigenvalue weighted by molar-refractivity contribution is -0.0224. The molecule has 31 heavy (non-hydrogen) atoms. The number of halogens is 1. The van der Waals surface area contributed by atoms with Crippen LogP contribution in [0.4, 0.5) is 4.39 Å². The molecule has 160 valence electrons. The fourth-order valence-corrected chi connectivity index (χ4v) is 4.72. The number of aliphatic hydroxyl groups is 1. The number of amides is 1. The highest BCUT2D eigenvalue weighted by Crippen LogP contribution is 2.44. The maximum absolute atomic E-state index is 15.0. The summed E-state index contributed by atoms with van der Waals surface area (Å²) in [5.74, 6) is 0.474. The molecule has 1 aliphatic heterocycles. The van der Waals surface area contributed by atoms with E-state index in [2.05, 4.69) is 10.2 Å². The van der Waals surface area contributed by atoms with Gasteiger partial charge in [-0.05, 0) is 61.9 Å². The Labute approximate surface area is 179 Å².